The third kappa shape index (κ3) is 2.65. The lowest BCUT2D eigenvalue weighted by atomic mass is 10.2. The number of hydrogen-bond donors (Lipinski definition) is 0. The van der Waals surface area contributed by atoms with Gasteiger partial charge in [-0.3, -0.25) is 0 Å². The smallest absolute Gasteiger partial charge is 0.0684 e. The first kappa shape index (κ1) is 8.16. The molecule has 1 atom stereocenters. The zero-order valence-corrected chi connectivity index (χ0v) is 7.13. The van der Waals surface area contributed by atoms with Crippen LogP contribution in [0.5, 0.6) is 0 Å². The minimum absolute atomic E-state index is 0.611. The van der Waals surface area contributed by atoms with Crippen LogP contribution in [0.1, 0.15) is 5.56 Å². The van der Waals surface area contributed by atoms with E-state index in [1.807, 2.05) is 30.3 Å². The maximum absolute atomic E-state index is 11.0. The van der Waals surface area contributed by atoms with Crippen LogP contribution in [-0.2, 0) is 10.7 Å². The Morgan fingerprint density at radius 3 is 2.55 bits per heavy atom. The van der Waals surface area contributed by atoms with Gasteiger partial charge in [-0.2, -0.15) is 0 Å². The van der Waals surface area contributed by atoms with E-state index >= 15 is 0 Å². The van der Waals surface area contributed by atoms with E-state index in [9.17, 15) is 4.57 Å². The van der Waals surface area contributed by atoms with Crippen molar-refractivity contribution >= 4 is 7.80 Å². The highest BCUT2D eigenvalue weighted by atomic mass is 31.1. The highest BCUT2D eigenvalue weighted by Crippen LogP contribution is 2.26. The fourth-order valence-electron chi connectivity index (χ4n) is 0.828. The van der Waals surface area contributed by atoms with E-state index in [1.165, 1.54) is 5.82 Å². The monoisotopic (exact) mass is 165 g/mol. The normalized spacial score (nSPS) is 10.7. The molecule has 11 heavy (non-hydrogen) atoms. The van der Waals surface area contributed by atoms with Gasteiger partial charge in [-0.15, -0.1) is 0 Å². The molecule has 0 aliphatic rings. The van der Waals surface area contributed by atoms with Crippen molar-refractivity contribution < 1.29 is 4.57 Å². The first-order valence-electron chi connectivity index (χ1n) is 3.43. The number of benzene rings is 1. The van der Waals surface area contributed by atoms with Crippen LogP contribution >= 0.6 is 7.80 Å². The van der Waals surface area contributed by atoms with E-state index in [-0.39, 0.29) is 0 Å². The summed E-state index contributed by atoms with van der Waals surface area (Å²) in [5, 5.41) is 0. The molecule has 2 heteroatoms. The summed E-state index contributed by atoms with van der Waals surface area (Å²) in [7, 11) is -1.24. The fourth-order valence-corrected chi connectivity index (χ4v) is 1.53. The van der Waals surface area contributed by atoms with Crippen LogP contribution in [0.4, 0.5) is 0 Å². The van der Waals surface area contributed by atoms with Crippen LogP contribution in [0, 0.1) is 0 Å². The van der Waals surface area contributed by atoms with E-state index in [0.29, 0.717) is 6.16 Å². The summed E-state index contributed by atoms with van der Waals surface area (Å²) in [6.07, 6.45) is 0.611. The summed E-state index contributed by atoms with van der Waals surface area (Å²) in [5.74, 6) is 1.50. The van der Waals surface area contributed by atoms with Crippen LogP contribution in [-0.4, -0.2) is 0 Å². The van der Waals surface area contributed by atoms with Crippen molar-refractivity contribution in [2.45, 2.75) is 6.16 Å². The van der Waals surface area contributed by atoms with Gasteiger partial charge in [-0.25, -0.2) is 0 Å². The molecule has 0 fully saturated rings. The zero-order chi connectivity index (χ0) is 8.10. The molecule has 0 aliphatic carbocycles. The van der Waals surface area contributed by atoms with Crippen LogP contribution in [0.25, 0.3) is 0 Å². The van der Waals surface area contributed by atoms with Gasteiger partial charge in [0.25, 0.3) is 0 Å². The molecule has 1 rings (SSSR count). The molecule has 0 saturated carbocycles. The Hall–Kier alpha value is -0.940. The molecule has 56 valence electrons. The summed E-state index contributed by atoms with van der Waals surface area (Å²) >= 11 is 0. The second-order valence-corrected chi connectivity index (χ2v) is 3.76. The third-order valence-corrected chi connectivity index (χ3v) is 2.47. The Morgan fingerprint density at radius 1 is 1.36 bits per heavy atom. The molecule has 0 amide bonds. The van der Waals surface area contributed by atoms with Gasteiger partial charge in [0.05, 0.1) is 0 Å². The quantitative estimate of drug-likeness (QED) is 0.628. The standard InChI is InChI=1S/C9H10OP/c1-2-11(10)8-9-6-4-3-5-7-9/h2-7H,1,8H2/q+1. The predicted molar refractivity (Wildman–Crippen MR) is 47.9 cm³/mol. The molecule has 0 saturated heterocycles. The maximum atomic E-state index is 11.0. The summed E-state index contributed by atoms with van der Waals surface area (Å²) in [6, 6.07) is 9.78. The second-order valence-electron chi connectivity index (χ2n) is 2.24. The van der Waals surface area contributed by atoms with Crippen LogP contribution in [0.15, 0.2) is 42.7 Å². The minimum Gasteiger partial charge on any atom is -0.0684 e. The van der Waals surface area contributed by atoms with Crippen molar-refractivity contribution in [3.8, 4) is 0 Å². The first-order chi connectivity index (χ1) is 5.33. The molecule has 0 aromatic heterocycles. The molecular weight excluding hydrogens is 155 g/mol. The second kappa shape index (κ2) is 4.05. The number of hydrogen-bond acceptors (Lipinski definition) is 1. The summed E-state index contributed by atoms with van der Waals surface area (Å²) in [5.41, 5.74) is 1.11. The molecule has 0 N–H and O–H groups in total. The van der Waals surface area contributed by atoms with Gasteiger partial charge in [0.2, 0.25) is 0 Å². The average Bonchev–Trinajstić information content (AvgIpc) is 2.06. The van der Waals surface area contributed by atoms with Gasteiger partial charge in [0, 0.05) is 5.56 Å². The van der Waals surface area contributed by atoms with Gasteiger partial charge >= 0.3 is 7.80 Å². The molecule has 0 bridgehead atoms. The van der Waals surface area contributed by atoms with Gasteiger partial charge in [-0.05, 0) is 0 Å². The van der Waals surface area contributed by atoms with E-state index < -0.39 is 7.80 Å². The SMILES string of the molecule is C=C[P+](=O)Cc1ccccc1. The lowest BCUT2D eigenvalue weighted by molar-refractivity contribution is 0.592. The molecule has 0 radical (unpaired) electrons. The van der Waals surface area contributed by atoms with Crippen molar-refractivity contribution in [1.29, 1.82) is 0 Å². The topological polar surface area (TPSA) is 17.1 Å². The molecule has 1 nitrogen and oxygen atoms in total. The molecular formula is C9H10OP+. The van der Waals surface area contributed by atoms with Crippen molar-refractivity contribution in [1.82, 2.24) is 0 Å². The minimum atomic E-state index is -1.24. The Balaban J connectivity index is 2.65. The Kier molecular flexibility index (Phi) is 3.00. The molecule has 1 unspecified atom stereocenters. The fraction of sp³-hybridized carbons (Fsp3) is 0.111. The lowest BCUT2D eigenvalue weighted by Gasteiger charge is -1.87. The van der Waals surface area contributed by atoms with Crippen LogP contribution < -0.4 is 0 Å². The predicted octanol–water partition coefficient (Wildman–Crippen LogP) is 3.16. The van der Waals surface area contributed by atoms with Gasteiger partial charge in [0.1, 0.15) is 5.82 Å². The lowest BCUT2D eigenvalue weighted by Crippen LogP contribution is -1.75. The molecule has 1 aromatic carbocycles. The highest BCUT2D eigenvalue weighted by Gasteiger charge is 2.08. The van der Waals surface area contributed by atoms with E-state index in [2.05, 4.69) is 6.58 Å². The molecule has 0 aliphatic heterocycles. The third-order valence-electron chi connectivity index (χ3n) is 1.38. The van der Waals surface area contributed by atoms with Crippen molar-refractivity contribution in [3.63, 3.8) is 0 Å². The van der Waals surface area contributed by atoms with Crippen molar-refractivity contribution in [3.05, 3.63) is 48.3 Å². The Morgan fingerprint density at radius 2 is 2.00 bits per heavy atom. The largest absolute Gasteiger partial charge is 0.373 e. The zero-order valence-electron chi connectivity index (χ0n) is 6.23. The first-order valence-corrected chi connectivity index (χ1v) is 4.94. The average molecular weight is 165 g/mol. The Bertz CT molecular complexity index is 254. The number of rotatable bonds is 3. The van der Waals surface area contributed by atoms with Gasteiger partial charge in [-0.1, -0.05) is 41.5 Å². The van der Waals surface area contributed by atoms with Crippen LogP contribution in [0.3, 0.4) is 0 Å². The van der Waals surface area contributed by atoms with Gasteiger partial charge < -0.3 is 0 Å². The van der Waals surface area contributed by atoms with Crippen molar-refractivity contribution in [2.24, 2.45) is 0 Å². The molecule has 0 spiro atoms. The molecule has 1 aromatic rings. The van der Waals surface area contributed by atoms with Crippen LogP contribution in [0.2, 0.25) is 0 Å². The molecule has 0 heterocycles. The van der Waals surface area contributed by atoms with E-state index in [4.69, 9.17) is 0 Å². The summed E-state index contributed by atoms with van der Waals surface area (Å²) < 4.78 is 11.0. The van der Waals surface area contributed by atoms with E-state index in [0.717, 1.165) is 5.56 Å². The summed E-state index contributed by atoms with van der Waals surface area (Å²) in [6.45, 7) is 3.47. The highest BCUT2D eigenvalue weighted by molar-refractivity contribution is 7.47. The van der Waals surface area contributed by atoms with E-state index in [1.54, 1.807) is 0 Å². The van der Waals surface area contributed by atoms with Gasteiger partial charge in [0.15, 0.2) is 6.16 Å². The van der Waals surface area contributed by atoms with Crippen molar-refractivity contribution in [2.75, 3.05) is 0 Å². The Labute approximate surface area is 67.5 Å². The maximum Gasteiger partial charge on any atom is 0.373 e. The summed E-state index contributed by atoms with van der Waals surface area (Å²) in [4.78, 5) is 0.